The van der Waals surface area contributed by atoms with Gasteiger partial charge in [0, 0.05) is 18.0 Å². The van der Waals surface area contributed by atoms with Gasteiger partial charge < -0.3 is 14.0 Å². The van der Waals surface area contributed by atoms with Crippen LogP contribution in [0.25, 0.3) is 0 Å². The Hall–Kier alpha value is -2.02. The van der Waals surface area contributed by atoms with Gasteiger partial charge in [0.05, 0.1) is 24.6 Å². The van der Waals surface area contributed by atoms with Gasteiger partial charge in [0.25, 0.3) is 0 Å². The van der Waals surface area contributed by atoms with Gasteiger partial charge >= 0.3 is 6.18 Å². The zero-order chi connectivity index (χ0) is 17.2. The second kappa shape index (κ2) is 6.84. The minimum absolute atomic E-state index is 0.227. The Morgan fingerprint density at radius 2 is 2.17 bits per heavy atom. The van der Waals surface area contributed by atoms with Crippen molar-refractivity contribution in [2.45, 2.75) is 44.7 Å². The summed E-state index contributed by atoms with van der Waals surface area (Å²) in [6.07, 6.45) is 2.37. The Morgan fingerprint density at radius 1 is 1.33 bits per heavy atom. The number of halogens is 3. The van der Waals surface area contributed by atoms with Gasteiger partial charge in [0.2, 0.25) is 0 Å². The molecule has 130 valence electrons. The maximum atomic E-state index is 13.1. The monoisotopic (exact) mass is 340 g/mol. The Kier molecular flexibility index (Phi) is 4.80. The van der Waals surface area contributed by atoms with E-state index in [1.54, 1.807) is 25.6 Å². The van der Waals surface area contributed by atoms with Crippen LogP contribution in [-0.2, 0) is 10.9 Å². The summed E-state index contributed by atoms with van der Waals surface area (Å²) in [5.74, 6) is 0.446. The van der Waals surface area contributed by atoms with Crippen LogP contribution in [0.15, 0.2) is 36.9 Å². The van der Waals surface area contributed by atoms with E-state index >= 15 is 0 Å². The highest BCUT2D eigenvalue weighted by molar-refractivity contribution is 5.40. The van der Waals surface area contributed by atoms with Crippen molar-refractivity contribution in [3.05, 3.63) is 48.0 Å². The lowest BCUT2D eigenvalue weighted by Crippen LogP contribution is -2.21. The van der Waals surface area contributed by atoms with E-state index in [2.05, 4.69) is 4.98 Å². The van der Waals surface area contributed by atoms with E-state index in [1.165, 1.54) is 6.07 Å². The summed E-state index contributed by atoms with van der Waals surface area (Å²) in [5, 5.41) is 0. The van der Waals surface area contributed by atoms with Crippen LogP contribution >= 0.6 is 0 Å². The van der Waals surface area contributed by atoms with E-state index in [0.717, 1.165) is 25.0 Å². The van der Waals surface area contributed by atoms with Crippen LogP contribution in [0.5, 0.6) is 5.75 Å². The first-order chi connectivity index (χ1) is 11.5. The van der Waals surface area contributed by atoms with E-state index in [4.69, 9.17) is 9.47 Å². The average molecular weight is 340 g/mol. The Morgan fingerprint density at radius 3 is 2.83 bits per heavy atom. The molecule has 2 unspecified atom stereocenters. The van der Waals surface area contributed by atoms with E-state index in [9.17, 15) is 13.2 Å². The van der Waals surface area contributed by atoms with E-state index in [-0.39, 0.29) is 6.23 Å². The molecule has 7 heteroatoms. The van der Waals surface area contributed by atoms with Gasteiger partial charge in [-0.1, -0.05) is 0 Å². The number of aromatic nitrogens is 2. The molecule has 0 radical (unpaired) electrons. The van der Waals surface area contributed by atoms with Crippen molar-refractivity contribution in [1.29, 1.82) is 0 Å². The molecule has 0 aliphatic carbocycles. The van der Waals surface area contributed by atoms with Gasteiger partial charge in [-0.15, -0.1) is 0 Å². The van der Waals surface area contributed by atoms with Gasteiger partial charge in [-0.3, -0.25) is 0 Å². The van der Waals surface area contributed by atoms with E-state index in [1.807, 2.05) is 4.57 Å². The number of rotatable bonds is 4. The number of ether oxygens (including phenoxy) is 2. The summed E-state index contributed by atoms with van der Waals surface area (Å²) in [5.41, 5.74) is -0.231. The molecule has 0 N–H and O–H groups in total. The van der Waals surface area contributed by atoms with Crippen LogP contribution in [0.4, 0.5) is 13.2 Å². The van der Waals surface area contributed by atoms with Crippen LogP contribution < -0.4 is 4.74 Å². The number of benzene rings is 1. The predicted octanol–water partition coefficient (Wildman–Crippen LogP) is 4.74. The lowest BCUT2D eigenvalue weighted by molar-refractivity contribution is -0.138. The molecular formula is C17H19F3N2O2. The number of imidazole rings is 1. The lowest BCUT2D eigenvalue weighted by Gasteiger charge is -2.32. The molecule has 1 aliphatic rings. The average Bonchev–Trinajstić information content (AvgIpc) is 3.09. The highest BCUT2D eigenvalue weighted by atomic mass is 19.4. The molecule has 24 heavy (non-hydrogen) atoms. The standard InChI is InChI=1S/C17H19F3N2O2/c1-2-23-14-7-6-12(17(18,19)20)10-13(14)15-4-3-5-16(24-15)22-9-8-21-11-22/h6-11,15-16H,2-5H2,1H3. The van der Waals surface area contributed by atoms with Crippen molar-refractivity contribution in [2.24, 2.45) is 0 Å². The van der Waals surface area contributed by atoms with Crippen LogP contribution in [0.2, 0.25) is 0 Å². The lowest BCUT2D eigenvalue weighted by atomic mass is 9.97. The molecule has 0 amide bonds. The number of nitrogens with zero attached hydrogens (tertiary/aromatic N) is 2. The molecule has 0 bridgehead atoms. The van der Waals surface area contributed by atoms with E-state index < -0.39 is 17.8 Å². The van der Waals surface area contributed by atoms with Crippen LogP contribution in [0.3, 0.4) is 0 Å². The highest BCUT2D eigenvalue weighted by Crippen LogP contribution is 2.42. The van der Waals surface area contributed by atoms with Gasteiger partial charge in [0.15, 0.2) is 0 Å². The number of alkyl halides is 3. The van der Waals surface area contributed by atoms with Crippen molar-refractivity contribution in [1.82, 2.24) is 9.55 Å². The molecule has 1 fully saturated rings. The molecule has 2 aromatic rings. The fourth-order valence-corrected chi connectivity index (χ4v) is 2.95. The quantitative estimate of drug-likeness (QED) is 0.806. The normalized spacial score (nSPS) is 21.7. The topological polar surface area (TPSA) is 36.3 Å². The van der Waals surface area contributed by atoms with Crippen molar-refractivity contribution in [2.75, 3.05) is 6.61 Å². The molecule has 1 aliphatic heterocycles. The van der Waals surface area contributed by atoms with Crippen LogP contribution in [0.1, 0.15) is 49.6 Å². The largest absolute Gasteiger partial charge is 0.493 e. The molecule has 1 aromatic heterocycles. The highest BCUT2D eigenvalue weighted by Gasteiger charge is 2.33. The molecule has 0 saturated carbocycles. The van der Waals surface area contributed by atoms with Crippen molar-refractivity contribution in [3.63, 3.8) is 0 Å². The number of hydrogen-bond acceptors (Lipinski definition) is 3. The summed E-state index contributed by atoms with van der Waals surface area (Å²) in [7, 11) is 0. The zero-order valence-electron chi connectivity index (χ0n) is 13.3. The van der Waals surface area contributed by atoms with Crippen molar-refractivity contribution < 1.29 is 22.6 Å². The molecule has 4 nitrogen and oxygen atoms in total. The third-order valence-corrected chi connectivity index (χ3v) is 4.08. The number of hydrogen-bond donors (Lipinski definition) is 0. The second-order valence-corrected chi connectivity index (χ2v) is 5.70. The molecule has 2 atom stereocenters. The smallest absolute Gasteiger partial charge is 0.416 e. The summed E-state index contributed by atoms with van der Waals surface area (Å²) in [6.45, 7) is 2.19. The van der Waals surface area contributed by atoms with Gasteiger partial charge in [-0.25, -0.2) is 4.98 Å². The van der Waals surface area contributed by atoms with Gasteiger partial charge in [0.1, 0.15) is 12.0 Å². The fraction of sp³-hybridized carbons (Fsp3) is 0.471. The second-order valence-electron chi connectivity index (χ2n) is 5.70. The van der Waals surface area contributed by atoms with Crippen molar-refractivity contribution in [3.8, 4) is 5.75 Å². The van der Waals surface area contributed by atoms with Gasteiger partial charge in [-0.05, 0) is 44.4 Å². The summed E-state index contributed by atoms with van der Waals surface area (Å²) in [6, 6.07) is 3.57. The van der Waals surface area contributed by atoms with Crippen LogP contribution in [-0.4, -0.2) is 16.2 Å². The third kappa shape index (κ3) is 3.56. The summed E-state index contributed by atoms with van der Waals surface area (Å²) < 4.78 is 52.6. The van der Waals surface area contributed by atoms with Gasteiger partial charge in [-0.2, -0.15) is 13.2 Å². The fourth-order valence-electron chi connectivity index (χ4n) is 2.95. The third-order valence-electron chi connectivity index (χ3n) is 4.08. The maximum Gasteiger partial charge on any atom is 0.416 e. The zero-order valence-corrected chi connectivity index (χ0v) is 13.3. The Bertz CT molecular complexity index is 671. The van der Waals surface area contributed by atoms with Crippen LogP contribution in [0, 0.1) is 0 Å². The minimum atomic E-state index is -4.39. The summed E-state index contributed by atoms with van der Waals surface area (Å²) >= 11 is 0. The summed E-state index contributed by atoms with van der Waals surface area (Å²) in [4.78, 5) is 4.00. The molecule has 1 saturated heterocycles. The van der Waals surface area contributed by atoms with E-state index in [0.29, 0.717) is 24.3 Å². The molecule has 3 rings (SSSR count). The maximum absolute atomic E-state index is 13.1. The van der Waals surface area contributed by atoms with Crippen molar-refractivity contribution >= 4 is 0 Å². The Balaban J connectivity index is 1.90. The molecule has 0 spiro atoms. The SMILES string of the molecule is CCOc1ccc(C(F)(F)F)cc1C1CCCC(n2ccnc2)O1. The first-order valence-electron chi connectivity index (χ1n) is 7.96. The first kappa shape index (κ1) is 16.8. The Labute approximate surface area is 138 Å². The first-order valence-corrected chi connectivity index (χ1v) is 7.96. The predicted molar refractivity (Wildman–Crippen MR) is 81.6 cm³/mol. The molecular weight excluding hydrogens is 321 g/mol. The molecule has 1 aromatic carbocycles. The molecule has 2 heterocycles. The minimum Gasteiger partial charge on any atom is -0.493 e.